The van der Waals surface area contributed by atoms with Gasteiger partial charge >= 0.3 is 25.0 Å². The van der Waals surface area contributed by atoms with Gasteiger partial charge in [0.1, 0.15) is 23.4 Å². The molecule has 0 saturated carbocycles. The maximum atomic E-state index is 12.7. The van der Waals surface area contributed by atoms with Gasteiger partial charge in [0, 0.05) is 11.0 Å². The summed E-state index contributed by atoms with van der Waals surface area (Å²) in [5, 5.41) is 10.6. The summed E-state index contributed by atoms with van der Waals surface area (Å²) in [6.45, 7) is 1.32. The van der Waals surface area contributed by atoms with Gasteiger partial charge in [-0.1, -0.05) is 11.6 Å². The van der Waals surface area contributed by atoms with Crippen LogP contribution in [0.15, 0.2) is 41.3 Å². The molecule has 140 valence electrons. The minimum absolute atomic E-state index is 0. The summed E-state index contributed by atoms with van der Waals surface area (Å²) in [7, 11) is 0. The van der Waals surface area contributed by atoms with E-state index < -0.39 is 23.8 Å². The summed E-state index contributed by atoms with van der Waals surface area (Å²) >= 11 is 7.19. The molecule has 27 heavy (non-hydrogen) atoms. The normalized spacial score (nSPS) is 12.1. The molecular weight excluding hydrogens is 400 g/mol. The van der Waals surface area contributed by atoms with Crippen LogP contribution in [0.5, 0.6) is 17.2 Å². The van der Waals surface area contributed by atoms with Crippen LogP contribution in [0.3, 0.4) is 0 Å². The number of hydrogen-bond donors (Lipinski definition) is 0. The Hall–Kier alpha value is -1.46. The molecule has 0 N–H and O–H groups in total. The summed E-state index contributed by atoms with van der Waals surface area (Å²) < 4.78 is 48.9. The van der Waals surface area contributed by atoms with E-state index in [1.807, 2.05) is 0 Å². The zero-order valence-corrected chi connectivity index (χ0v) is 16.2. The average molecular weight is 413 g/mol. The molecule has 2 aromatic rings. The molecule has 4 nitrogen and oxygen atoms in total. The number of thioether (sulfide) groups is 1. The van der Waals surface area contributed by atoms with Crippen LogP contribution in [0.2, 0.25) is 5.02 Å². The van der Waals surface area contributed by atoms with E-state index in [-0.39, 0.29) is 41.1 Å². The molecule has 1 unspecified atom stereocenters. The van der Waals surface area contributed by atoms with Crippen LogP contribution >= 0.6 is 23.4 Å². The molecule has 0 aliphatic carbocycles. The first kappa shape index (κ1) is 23.6. The van der Waals surface area contributed by atoms with Crippen LogP contribution in [-0.2, 0) is 11.0 Å². The van der Waals surface area contributed by atoms with Gasteiger partial charge in [-0.3, -0.25) is 0 Å². The van der Waals surface area contributed by atoms with Crippen LogP contribution in [0.1, 0.15) is 12.5 Å². The van der Waals surface area contributed by atoms with Crippen molar-refractivity contribution in [3.05, 3.63) is 47.0 Å². The largest absolute Gasteiger partial charge is 1.00 e. The number of carboxylic acids is 1. The first-order valence-electron chi connectivity index (χ1n) is 7.22. The average Bonchev–Trinajstić information content (AvgIpc) is 2.56. The molecule has 0 spiro atoms. The monoisotopic (exact) mass is 412 g/mol. The molecule has 2 rings (SSSR count). The second kappa shape index (κ2) is 9.65. The Labute approximate surface area is 175 Å². The third-order valence-corrected chi connectivity index (χ3v) is 4.33. The summed E-state index contributed by atoms with van der Waals surface area (Å²) in [6, 6.07) is 7.36. The van der Waals surface area contributed by atoms with Gasteiger partial charge < -0.3 is 19.4 Å². The fraction of sp³-hybridized carbons (Fsp3) is 0.235. The van der Waals surface area contributed by atoms with Crippen molar-refractivity contribution in [1.82, 2.24) is 0 Å². The zero-order chi connectivity index (χ0) is 19.5. The van der Waals surface area contributed by atoms with E-state index in [9.17, 15) is 23.1 Å². The molecule has 0 saturated heterocycles. The third kappa shape index (κ3) is 6.28. The smallest absolute Gasteiger partial charge is 0.546 e. The van der Waals surface area contributed by atoms with E-state index in [4.69, 9.17) is 21.1 Å². The molecule has 0 bridgehead atoms. The van der Waals surface area contributed by atoms with Gasteiger partial charge in [-0.15, -0.1) is 11.8 Å². The maximum Gasteiger partial charge on any atom is 1.00 e. The first-order chi connectivity index (χ1) is 12.1. The van der Waals surface area contributed by atoms with Gasteiger partial charge in [0.25, 0.3) is 0 Å². The van der Waals surface area contributed by atoms with Gasteiger partial charge in [0.2, 0.25) is 0 Å². The predicted octanol–water partition coefficient (Wildman–Crippen LogP) is 1.39. The van der Waals surface area contributed by atoms with Crippen LogP contribution in [0.25, 0.3) is 0 Å². The summed E-state index contributed by atoms with van der Waals surface area (Å²) in [6.07, 6.45) is -3.92. The van der Waals surface area contributed by atoms with Gasteiger partial charge in [-0.05, 0) is 43.5 Å². The number of alkyl halides is 3. The molecule has 0 radical (unpaired) electrons. The predicted molar refractivity (Wildman–Crippen MR) is 89.8 cm³/mol. The molecule has 0 aromatic heterocycles. The molecule has 2 aromatic carbocycles. The van der Waals surface area contributed by atoms with E-state index in [1.165, 1.54) is 24.8 Å². The van der Waals surface area contributed by atoms with Gasteiger partial charge in [-0.25, -0.2) is 0 Å². The van der Waals surface area contributed by atoms with Crippen LogP contribution in [0, 0.1) is 0 Å². The number of halogens is 4. The quantitative estimate of drug-likeness (QED) is 0.530. The summed E-state index contributed by atoms with van der Waals surface area (Å²) in [5.74, 6) is -0.885. The molecule has 0 fully saturated rings. The SMILES string of the molecule is CSc1ccc(Oc2ccc(C(F)(F)F)cc2Cl)cc1OC(C)C(=O)[O-].[Li+]. The number of ether oxygens (including phenoxy) is 2. The van der Waals surface area contributed by atoms with Crippen LogP contribution in [0.4, 0.5) is 13.2 Å². The summed E-state index contributed by atoms with van der Waals surface area (Å²) in [5.41, 5.74) is -0.889. The van der Waals surface area contributed by atoms with E-state index in [0.29, 0.717) is 4.90 Å². The van der Waals surface area contributed by atoms with Crippen molar-refractivity contribution in [3.8, 4) is 17.2 Å². The van der Waals surface area contributed by atoms with Crippen LogP contribution in [-0.4, -0.2) is 18.3 Å². The van der Waals surface area contributed by atoms with Gasteiger partial charge in [0.05, 0.1) is 16.6 Å². The Morgan fingerprint density at radius 1 is 1.19 bits per heavy atom. The fourth-order valence-electron chi connectivity index (χ4n) is 1.94. The minimum atomic E-state index is -4.51. The number of carbonyl (C=O) groups is 1. The second-order valence-corrected chi connectivity index (χ2v) is 6.39. The van der Waals surface area contributed by atoms with Crippen molar-refractivity contribution in [1.29, 1.82) is 0 Å². The van der Waals surface area contributed by atoms with E-state index in [1.54, 1.807) is 18.4 Å². The van der Waals surface area contributed by atoms with E-state index in [2.05, 4.69) is 0 Å². The van der Waals surface area contributed by atoms with E-state index in [0.717, 1.165) is 18.2 Å². The van der Waals surface area contributed by atoms with Gasteiger partial charge in [-0.2, -0.15) is 13.2 Å². The summed E-state index contributed by atoms with van der Waals surface area (Å²) in [4.78, 5) is 11.5. The van der Waals surface area contributed by atoms with E-state index >= 15 is 0 Å². The maximum absolute atomic E-state index is 12.7. The van der Waals surface area contributed by atoms with Crippen molar-refractivity contribution in [3.63, 3.8) is 0 Å². The number of carboxylic acid groups (broad SMARTS) is 1. The van der Waals surface area contributed by atoms with Crippen LogP contribution < -0.4 is 33.4 Å². The Morgan fingerprint density at radius 3 is 2.37 bits per heavy atom. The standard InChI is InChI=1S/C17H14ClF3O4S.Li/c1-9(16(22)23)24-14-8-11(4-6-15(14)26-2)25-13-5-3-10(7-12(13)18)17(19,20)21;/h3-9H,1-2H3,(H,22,23);/q;+1/p-1. The van der Waals surface area contributed by atoms with Crippen molar-refractivity contribution >= 4 is 29.3 Å². The van der Waals surface area contributed by atoms with Crippen molar-refractivity contribution in [2.75, 3.05) is 6.26 Å². The Bertz CT molecular complexity index is 817. The number of carbonyl (C=O) groups excluding carboxylic acids is 1. The number of rotatable bonds is 6. The van der Waals surface area contributed by atoms with Gasteiger partial charge in [0.15, 0.2) is 0 Å². The second-order valence-electron chi connectivity index (χ2n) is 5.14. The molecule has 0 heterocycles. The Morgan fingerprint density at radius 2 is 1.85 bits per heavy atom. The number of hydrogen-bond acceptors (Lipinski definition) is 5. The third-order valence-electron chi connectivity index (χ3n) is 3.26. The molecule has 10 heteroatoms. The van der Waals surface area contributed by atoms with Crippen molar-refractivity contribution < 1.29 is 51.4 Å². The van der Waals surface area contributed by atoms with Crippen molar-refractivity contribution in [2.45, 2.75) is 24.1 Å². The molecule has 1 atom stereocenters. The molecule has 0 amide bonds. The molecule has 0 aliphatic rings. The number of benzene rings is 2. The molecule has 0 aliphatic heterocycles. The zero-order valence-electron chi connectivity index (χ0n) is 14.6. The molecular formula is C17H13ClF3LiO4S. The number of aliphatic carboxylic acids is 1. The minimum Gasteiger partial charge on any atom is -0.546 e. The Kier molecular flexibility index (Phi) is 8.42. The topological polar surface area (TPSA) is 58.6 Å². The fourth-order valence-corrected chi connectivity index (χ4v) is 2.67. The first-order valence-corrected chi connectivity index (χ1v) is 8.82. The van der Waals surface area contributed by atoms with Crippen molar-refractivity contribution in [2.24, 2.45) is 0 Å². The Balaban J connectivity index is 0.00000364.